The second-order valence-corrected chi connectivity index (χ2v) is 6.00. The number of nitrogens with zero attached hydrogens (tertiary/aromatic N) is 4. The van der Waals surface area contributed by atoms with E-state index in [1.54, 1.807) is 25.1 Å². The highest BCUT2D eigenvalue weighted by Gasteiger charge is 2.24. The number of anilines is 1. The maximum Gasteiger partial charge on any atom is 0.410 e. The third-order valence-electron chi connectivity index (χ3n) is 4.04. The zero-order valence-corrected chi connectivity index (χ0v) is 14.8. The van der Waals surface area contributed by atoms with Crippen LogP contribution < -0.4 is 5.73 Å². The average Bonchev–Trinajstić information content (AvgIpc) is 2.68. The number of amides is 1. The van der Waals surface area contributed by atoms with Gasteiger partial charge in [-0.15, -0.1) is 0 Å². The van der Waals surface area contributed by atoms with E-state index in [1.165, 1.54) is 23.5 Å². The van der Waals surface area contributed by atoms with Gasteiger partial charge in [0.1, 0.15) is 18.5 Å². The van der Waals surface area contributed by atoms with Crippen LogP contribution in [-0.4, -0.2) is 53.0 Å². The van der Waals surface area contributed by atoms with Gasteiger partial charge in [0.25, 0.3) is 0 Å². The Bertz CT molecular complexity index is 845. The number of halogens is 1. The lowest BCUT2D eigenvalue weighted by molar-refractivity contribution is 0.00312. The van der Waals surface area contributed by atoms with Crippen LogP contribution in [0.5, 0.6) is 0 Å². The van der Waals surface area contributed by atoms with Gasteiger partial charge >= 0.3 is 6.09 Å². The molecule has 1 aliphatic rings. The minimum atomic E-state index is -0.531. The number of benzene rings is 1. The molecule has 1 aliphatic heterocycles. The molecule has 27 heavy (non-hydrogen) atoms. The fourth-order valence-electron chi connectivity index (χ4n) is 2.58. The second-order valence-electron chi connectivity index (χ2n) is 6.00. The average molecular weight is 373 g/mol. The fourth-order valence-corrected chi connectivity index (χ4v) is 2.58. The molecule has 8 nitrogen and oxygen atoms in total. The first-order chi connectivity index (χ1) is 13.0. The molecule has 1 fully saturated rings. The first-order valence-electron chi connectivity index (χ1n) is 8.42. The fraction of sp³-hybridized carbons (Fsp3) is 0.333. The maximum absolute atomic E-state index is 14.0. The highest BCUT2D eigenvalue weighted by molar-refractivity contribution is 5.72. The number of rotatable bonds is 4. The van der Waals surface area contributed by atoms with Crippen LogP contribution in [0.4, 0.5) is 20.8 Å². The normalized spacial score (nSPS) is 17.3. The van der Waals surface area contributed by atoms with Crippen LogP contribution in [-0.2, 0) is 16.1 Å². The number of carbonyl (C=O) groups excluding carboxylic acids is 1. The van der Waals surface area contributed by atoms with E-state index in [4.69, 9.17) is 15.2 Å². The number of aryl methyl sites for hydroxylation is 1. The summed E-state index contributed by atoms with van der Waals surface area (Å²) in [5, 5.41) is 0. The Hall–Kier alpha value is -3.07. The SMILES string of the molecule is Cc1cccc(COC(=O)N2CCO[C@H](/C=N/c3nccnc3N)C2)c1F. The molecule has 0 saturated carbocycles. The second kappa shape index (κ2) is 8.54. The summed E-state index contributed by atoms with van der Waals surface area (Å²) >= 11 is 0. The van der Waals surface area contributed by atoms with Gasteiger partial charge < -0.3 is 20.1 Å². The van der Waals surface area contributed by atoms with Gasteiger partial charge in [0, 0.05) is 30.7 Å². The number of morpholine rings is 1. The minimum absolute atomic E-state index is 0.126. The molecule has 1 atom stereocenters. The molecule has 1 amide bonds. The van der Waals surface area contributed by atoms with Crippen LogP contribution in [0.2, 0.25) is 0 Å². The van der Waals surface area contributed by atoms with Crippen LogP contribution in [0.25, 0.3) is 0 Å². The summed E-state index contributed by atoms with van der Waals surface area (Å²) in [5.74, 6) is 0.135. The molecule has 0 spiro atoms. The molecule has 9 heteroatoms. The molecule has 0 unspecified atom stereocenters. The number of hydrogen-bond donors (Lipinski definition) is 1. The number of aromatic nitrogens is 2. The van der Waals surface area contributed by atoms with Crippen molar-refractivity contribution in [2.24, 2.45) is 4.99 Å². The van der Waals surface area contributed by atoms with Crippen LogP contribution in [0.3, 0.4) is 0 Å². The predicted octanol–water partition coefficient (Wildman–Crippen LogP) is 2.25. The van der Waals surface area contributed by atoms with Gasteiger partial charge in [0.2, 0.25) is 0 Å². The van der Waals surface area contributed by atoms with Crippen molar-refractivity contribution in [3.8, 4) is 0 Å². The van der Waals surface area contributed by atoms with E-state index in [1.807, 2.05) is 0 Å². The van der Waals surface area contributed by atoms with E-state index in [2.05, 4.69) is 15.0 Å². The van der Waals surface area contributed by atoms with Gasteiger partial charge in [-0.1, -0.05) is 18.2 Å². The summed E-state index contributed by atoms with van der Waals surface area (Å²) in [6, 6.07) is 4.98. The zero-order valence-electron chi connectivity index (χ0n) is 14.8. The molecule has 0 radical (unpaired) electrons. The Labute approximate surface area is 155 Å². The first-order valence-corrected chi connectivity index (χ1v) is 8.42. The molecular formula is C18H20FN5O3. The van der Waals surface area contributed by atoms with E-state index in [0.29, 0.717) is 24.3 Å². The smallest absolute Gasteiger partial charge is 0.410 e. The largest absolute Gasteiger partial charge is 0.444 e. The molecule has 0 bridgehead atoms. The molecule has 142 valence electrons. The Morgan fingerprint density at radius 1 is 1.48 bits per heavy atom. The topological polar surface area (TPSA) is 103 Å². The molecule has 2 N–H and O–H groups in total. The maximum atomic E-state index is 14.0. The van der Waals surface area contributed by atoms with Crippen molar-refractivity contribution < 1.29 is 18.7 Å². The molecule has 0 aliphatic carbocycles. The van der Waals surface area contributed by atoms with Crippen molar-refractivity contribution in [3.05, 3.63) is 47.5 Å². The lowest BCUT2D eigenvalue weighted by Gasteiger charge is -2.30. The molecule has 2 heterocycles. The predicted molar refractivity (Wildman–Crippen MR) is 97.2 cm³/mol. The van der Waals surface area contributed by atoms with E-state index >= 15 is 0 Å². The van der Waals surface area contributed by atoms with Crippen molar-refractivity contribution in [1.29, 1.82) is 0 Å². The lowest BCUT2D eigenvalue weighted by atomic mass is 10.1. The molecule has 1 saturated heterocycles. The number of nitrogens with two attached hydrogens (primary N) is 1. The van der Waals surface area contributed by atoms with Crippen molar-refractivity contribution in [3.63, 3.8) is 0 Å². The Balaban J connectivity index is 1.56. The van der Waals surface area contributed by atoms with Crippen molar-refractivity contribution in [1.82, 2.24) is 14.9 Å². The quantitative estimate of drug-likeness (QED) is 0.825. The van der Waals surface area contributed by atoms with Crippen LogP contribution in [0.1, 0.15) is 11.1 Å². The molecule has 2 aromatic rings. The Morgan fingerprint density at radius 2 is 2.30 bits per heavy atom. The summed E-state index contributed by atoms with van der Waals surface area (Å²) in [5.41, 5.74) is 6.54. The van der Waals surface area contributed by atoms with Gasteiger partial charge in [-0.25, -0.2) is 24.1 Å². The van der Waals surface area contributed by atoms with Gasteiger partial charge in [0.15, 0.2) is 11.6 Å². The van der Waals surface area contributed by atoms with Gasteiger partial charge in [-0.05, 0) is 12.5 Å². The Kier molecular flexibility index (Phi) is 5.92. The highest BCUT2D eigenvalue weighted by atomic mass is 19.1. The molecular weight excluding hydrogens is 353 g/mol. The summed E-state index contributed by atoms with van der Waals surface area (Å²) < 4.78 is 24.8. The van der Waals surface area contributed by atoms with E-state index in [0.717, 1.165) is 0 Å². The molecule has 3 rings (SSSR count). The van der Waals surface area contributed by atoms with Crippen LogP contribution in [0, 0.1) is 12.7 Å². The standard InChI is InChI=1S/C18H20FN5O3/c1-12-3-2-4-13(15(12)19)11-27-18(25)24-7-8-26-14(10-24)9-23-17-16(20)21-5-6-22-17/h2-6,9,14H,7-8,10-11H2,1H3,(H2,20,21)/b23-9+/t14-/m1/s1. The Morgan fingerprint density at radius 3 is 3.11 bits per heavy atom. The lowest BCUT2D eigenvalue weighted by Crippen LogP contribution is -2.46. The van der Waals surface area contributed by atoms with Gasteiger partial charge in [-0.3, -0.25) is 0 Å². The number of carbonyl (C=O) groups is 1. The third-order valence-corrected chi connectivity index (χ3v) is 4.04. The third kappa shape index (κ3) is 4.76. The monoisotopic (exact) mass is 373 g/mol. The zero-order chi connectivity index (χ0) is 19.2. The first kappa shape index (κ1) is 18.7. The number of hydrogen-bond acceptors (Lipinski definition) is 7. The minimum Gasteiger partial charge on any atom is -0.444 e. The van der Waals surface area contributed by atoms with E-state index in [9.17, 15) is 9.18 Å². The summed E-state index contributed by atoms with van der Waals surface area (Å²) in [6.45, 7) is 2.52. The van der Waals surface area contributed by atoms with Crippen molar-refractivity contribution in [2.45, 2.75) is 19.6 Å². The van der Waals surface area contributed by atoms with Crippen molar-refractivity contribution >= 4 is 23.9 Å². The summed E-state index contributed by atoms with van der Waals surface area (Å²) in [7, 11) is 0. The van der Waals surface area contributed by atoms with Crippen LogP contribution in [0.15, 0.2) is 35.6 Å². The summed E-state index contributed by atoms with van der Waals surface area (Å²) in [6.07, 6.45) is 3.53. The van der Waals surface area contributed by atoms with E-state index < -0.39 is 12.2 Å². The number of aliphatic imine (C=N–C) groups is 1. The number of nitrogen functional groups attached to an aromatic ring is 1. The summed E-state index contributed by atoms with van der Waals surface area (Å²) in [4.78, 5) is 25.8. The van der Waals surface area contributed by atoms with Gasteiger partial charge in [0.05, 0.1) is 13.2 Å². The molecule has 1 aromatic carbocycles. The number of ether oxygens (including phenoxy) is 2. The van der Waals surface area contributed by atoms with Crippen LogP contribution >= 0.6 is 0 Å². The molecule has 1 aromatic heterocycles. The van der Waals surface area contributed by atoms with E-state index in [-0.39, 0.29) is 30.6 Å². The van der Waals surface area contributed by atoms with Gasteiger partial charge in [-0.2, -0.15) is 0 Å². The van der Waals surface area contributed by atoms with Crippen molar-refractivity contribution in [2.75, 3.05) is 25.4 Å². The highest BCUT2D eigenvalue weighted by Crippen LogP contribution is 2.16.